The average Bonchev–Trinajstić information content (AvgIpc) is 2.30. The molecule has 0 aromatic heterocycles. The summed E-state index contributed by atoms with van der Waals surface area (Å²) in [4.78, 5) is 0. The Kier molecular flexibility index (Phi) is 5.51. The summed E-state index contributed by atoms with van der Waals surface area (Å²) in [6, 6.07) is 6.38. The number of alkyl halides is 2. The summed E-state index contributed by atoms with van der Waals surface area (Å²) in [6.07, 6.45) is -2.41. The molecule has 1 atom stereocenters. The zero-order valence-corrected chi connectivity index (χ0v) is 10.3. The van der Waals surface area contributed by atoms with Gasteiger partial charge in [-0.25, -0.2) is 8.78 Å². The Morgan fingerprint density at radius 3 is 2.06 bits per heavy atom. The first kappa shape index (κ1) is 14.1. The molecule has 0 fully saturated rings. The van der Waals surface area contributed by atoms with Crippen LogP contribution in [0.4, 0.5) is 8.78 Å². The van der Waals surface area contributed by atoms with Crippen molar-refractivity contribution in [2.75, 3.05) is 13.1 Å². The molecule has 0 saturated carbocycles. The van der Waals surface area contributed by atoms with Crippen molar-refractivity contribution in [3.05, 3.63) is 35.4 Å². The first-order chi connectivity index (χ1) is 8.04. The summed E-state index contributed by atoms with van der Waals surface area (Å²) < 4.78 is 24.8. The number of rotatable bonds is 6. The minimum absolute atomic E-state index is 0.0316. The van der Waals surface area contributed by atoms with E-state index >= 15 is 0 Å². The lowest BCUT2D eigenvalue weighted by molar-refractivity contribution is 0.151. The number of hydrogen-bond acceptors (Lipinski definition) is 2. The molecule has 0 aliphatic rings. The quantitative estimate of drug-likeness (QED) is 0.805. The van der Waals surface area contributed by atoms with Crippen LogP contribution in [0.1, 0.15) is 37.4 Å². The number of hydrogen-bond donors (Lipinski definition) is 2. The largest absolute Gasteiger partial charge is 0.329 e. The van der Waals surface area contributed by atoms with Crippen molar-refractivity contribution >= 4 is 0 Å². The zero-order valence-electron chi connectivity index (χ0n) is 10.3. The molecular weight excluding hydrogens is 222 g/mol. The second-order valence-electron chi connectivity index (χ2n) is 4.56. The summed E-state index contributed by atoms with van der Waals surface area (Å²) in [5, 5.41) is 3.32. The van der Waals surface area contributed by atoms with Gasteiger partial charge in [0.05, 0.1) is 0 Å². The monoisotopic (exact) mass is 242 g/mol. The molecule has 0 aliphatic heterocycles. The maximum absolute atomic E-state index is 12.4. The molecule has 0 aliphatic carbocycles. The van der Waals surface area contributed by atoms with Crippen LogP contribution in [0.15, 0.2) is 24.3 Å². The average molecular weight is 242 g/mol. The van der Waals surface area contributed by atoms with Crippen LogP contribution in [0.25, 0.3) is 0 Å². The van der Waals surface area contributed by atoms with E-state index in [1.165, 1.54) is 12.1 Å². The fourth-order valence-corrected chi connectivity index (χ4v) is 1.59. The predicted molar refractivity (Wildman–Crippen MR) is 66.0 cm³/mol. The van der Waals surface area contributed by atoms with E-state index in [1.54, 1.807) is 12.1 Å². The molecule has 0 radical (unpaired) electrons. The van der Waals surface area contributed by atoms with E-state index in [0.29, 0.717) is 12.5 Å². The van der Waals surface area contributed by atoms with Gasteiger partial charge in [-0.3, -0.25) is 0 Å². The van der Waals surface area contributed by atoms with Gasteiger partial charge < -0.3 is 11.1 Å². The van der Waals surface area contributed by atoms with Gasteiger partial charge in [0.1, 0.15) is 0 Å². The molecule has 3 N–H and O–H groups in total. The van der Waals surface area contributed by atoms with E-state index in [1.807, 2.05) is 0 Å². The van der Waals surface area contributed by atoms with Crippen LogP contribution in [0.3, 0.4) is 0 Å². The molecule has 0 spiro atoms. The Balaban J connectivity index is 2.68. The highest BCUT2D eigenvalue weighted by atomic mass is 19.3. The molecule has 0 amide bonds. The first-order valence-corrected chi connectivity index (χ1v) is 5.86. The van der Waals surface area contributed by atoms with Crippen molar-refractivity contribution in [1.82, 2.24) is 5.32 Å². The third-order valence-corrected chi connectivity index (χ3v) is 2.60. The SMILES string of the molecule is CC(C)CNC(CN)c1ccc(C(F)F)cc1. The van der Waals surface area contributed by atoms with Crippen molar-refractivity contribution in [2.45, 2.75) is 26.3 Å². The molecule has 17 heavy (non-hydrogen) atoms. The molecule has 2 nitrogen and oxygen atoms in total. The lowest BCUT2D eigenvalue weighted by atomic mass is 10.0. The Bertz CT molecular complexity index is 323. The van der Waals surface area contributed by atoms with Gasteiger partial charge in [0.15, 0.2) is 0 Å². The first-order valence-electron chi connectivity index (χ1n) is 5.86. The lowest BCUT2D eigenvalue weighted by Gasteiger charge is -2.19. The standard InChI is InChI=1S/C13H20F2N2/c1-9(2)8-17-12(7-16)10-3-5-11(6-4-10)13(14)15/h3-6,9,12-13,17H,7-8,16H2,1-2H3. The molecule has 1 aromatic rings. The summed E-state index contributed by atoms with van der Waals surface area (Å²) in [6.45, 7) is 5.54. The van der Waals surface area contributed by atoms with E-state index in [-0.39, 0.29) is 11.6 Å². The minimum atomic E-state index is -2.41. The minimum Gasteiger partial charge on any atom is -0.329 e. The van der Waals surface area contributed by atoms with Crippen LogP contribution < -0.4 is 11.1 Å². The van der Waals surface area contributed by atoms with Gasteiger partial charge in [-0.05, 0) is 18.0 Å². The summed E-state index contributed by atoms with van der Waals surface area (Å²) >= 11 is 0. The molecule has 0 heterocycles. The van der Waals surface area contributed by atoms with E-state index in [2.05, 4.69) is 19.2 Å². The zero-order chi connectivity index (χ0) is 12.8. The maximum Gasteiger partial charge on any atom is 0.263 e. The number of nitrogens with one attached hydrogen (secondary N) is 1. The Morgan fingerprint density at radius 2 is 1.65 bits per heavy atom. The molecule has 4 heteroatoms. The smallest absolute Gasteiger partial charge is 0.263 e. The van der Waals surface area contributed by atoms with Gasteiger partial charge in [-0.15, -0.1) is 0 Å². The molecule has 1 aromatic carbocycles. The lowest BCUT2D eigenvalue weighted by Crippen LogP contribution is -2.30. The van der Waals surface area contributed by atoms with Gasteiger partial charge >= 0.3 is 0 Å². The van der Waals surface area contributed by atoms with Gasteiger partial charge in [-0.2, -0.15) is 0 Å². The Morgan fingerprint density at radius 1 is 1.12 bits per heavy atom. The maximum atomic E-state index is 12.4. The van der Waals surface area contributed by atoms with Crippen molar-refractivity contribution in [3.8, 4) is 0 Å². The summed E-state index contributed by atoms with van der Waals surface area (Å²) in [5.41, 5.74) is 6.68. The second kappa shape index (κ2) is 6.67. The van der Waals surface area contributed by atoms with E-state index in [9.17, 15) is 8.78 Å². The van der Waals surface area contributed by atoms with E-state index in [0.717, 1.165) is 12.1 Å². The van der Waals surface area contributed by atoms with Crippen molar-refractivity contribution < 1.29 is 8.78 Å². The fraction of sp³-hybridized carbons (Fsp3) is 0.538. The van der Waals surface area contributed by atoms with E-state index in [4.69, 9.17) is 5.73 Å². The van der Waals surface area contributed by atoms with Crippen LogP contribution in [0.5, 0.6) is 0 Å². The molecule has 0 bridgehead atoms. The Labute approximate surface area is 101 Å². The highest BCUT2D eigenvalue weighted by Gasteiger charge is 2.11. The number of benzene rings is 1. The van der Waals surface area contributed by atoms with Crippen LogP contribution in [-0.4, -0.2) is 13.1 Å². The van der Waals surface area contributed by atoms with Crippen molar-refractivity contribution in [2.24, 2.45) is 11.7 Å². The van der Waals surface area contributed by atoms with Crippen molar-refractivity contribution in [1.29, 1.82) is 0 Å². The van der Waals surface area contributed by atoms with Crippen LogP contribution in [0, 0.1) is 5.92 Å². The van der Waals surface area contributed by atoms with Crippen LogP contribution in [-0.2, 0) is 0 Å². The highest BCUT2D eigenvalue weighted by Crippen LogP contribution is 2.21. The number of nitrogens with two attached hydrogens (primary N) is 1. The van der Waals surface area contributed by atoms with Crippen LogP contribution in [0.2, 0.25) is 0 Å². The predicted octanol–water partition coefficient (Wildman–Crippen LogP) is 2.87. The molecule has 96 valence electrons. The second-order valence-corrected chi connectivity index (χ2v) is 4.56. The van der Waals surface area contributed by atoms with Crippen molar-refractivity contribution in [3.63, 3.8) is 0 Å². The molecule has 1 unspecified atom stereocenters. The summed E-state index contributed by atoms with van der Waals surface area (Å²) in [7, 11) is 0. The highest BCUT2D eigenvalue weighted by molar-refractivity contribution is 5.26. The topological polar surface area (TPSA) is 38.0 Å². The normalized spacial score (nSPS) is 13.4. The molecular formula is C13H20F2N2. The summed E-state index contributed by atoms with van der Waals surface area (Å²) in [5.74, 6) is 0.532. The number of halogens is 2. The fourth-order valence-electron chi connectivity index (χ4n) is 1.59. The van der Waals surface area contributed by atoms with Gasteiger partial charge in [0.2, 0.25) is 0 Å². The van der Waals surface area contributed by atoms with Gasteiger partial charge in [0.25, 0.3) is 6.43 Å². The van der Waals surface area contributed by atoms with E-state index < -0.39 is 6.43 Å². The molecule has 1 rings (SSSR count). The third kappa shape index (κ3) is 4.40. The third-order valence-electron chi connectivity index (χ3n) is 2.60. The van der Waals surface area contributed by atoms with Gasteiger partial charge in [-0.1, -0.05) is 38.1 Å². The molecule has 0 saturated heterocycles. The van der Waals surface area contributed by atoms with Crippen LogP contribution >= 0.6 is 0 Å². The Hall–Kier alpha value is -1.00. The van der Waals surface area contributed by atoms with Gasteiger partial charge in [0, 0.05) is 18.2 Å².